The predicted octanol–water partition coefficient (Wildman–Crippen LogP) is 2.76. The van der Waals surface area contributed by atoms with Crippen molar-refractivity contribution in [3.63, 3.8) is 0 Å². The van der Waals surface area contributed by atoms with Crippen LogP contribution in [0.25, 0.3) is 17.2 Å². The van der Waals surface area contributed by atoms with Gasteiger partial charge in [0.25, 0.3) is 5.91 Å². The number of Topliss-reactive ketones (excluding diaryl/α,β-unsaturated/α-hetero) is 1. The van der Waals surface area contributed by atoms with Crippen LogP contribution in [0.1, 0.15) is 29.8 Å². The van der Waals surface area contributed by atoms with Crippen LogP contribution in [0.5, 0.6) is 0 Å². The minimum atomic E-state index is -0.475. The van der Waals surface area contributed by atoms with Crippen molar-refractivity contribution in [1.29, 1.82) is 0 Å². The van der Waals surface area contributed by atoms with E-state index in [1.54, 1.807) is 25.1 Å². The van der Waals surface area contributed by atoms with Gasteiger partial charge in [0.05, 0.1) is 0 Å². The van der Waals surface area contributed by atoms with Crippen LogP contribution in [0.4, 0.5) is 0 Å². The van der Waals surface area contributed by atoms with E-state index >= 15 is 0 Å². The third kappa shape index (κ3) is 4.16. The standard InChI is InChI=1S/C19H19N3O2/c1-12(18(24)22-19(20)21)11-16-5-3-4-6-17(16)15-9-7-14(8-10-15)13(2)23/h3-11H,1-2H3,(H4,20,21,22,24). The second kappa shape index (κ2) is 7.37. The van der Waals surface area contributed by atoms with Gasteiger partial charge in [-0.25, -0.2) is 0 Å². The molecule has 2 rings (SSSR count). The van der Waals surface area contributed by atoms with E-state index in [4.69, 9.17) is 11.5 Å². The molecule has 2 aromatic rings. The molecule has 0 aliphatic rings. The number of nitrogens with two attached hydrogens (primary N) is 2. The maximum atomic E-state index is 11.9. The number of nitrogens with zero attached hydrogens (tertiary/aromatic N) is 1. The summed E-state index contributed by atoms with van der Waals surface area (Å²) in [4.78, 5) is 26.8. The van der Waals surface area contributed by atoms with Gasteiger partial charge in [0.15, 0.2) is 11.7 Å². The summed E-state index contributed by atoms with van der Waals surface area (Å²) in [6, 6.07) is 15.0. The molecule has 0 aliphatic heterocycles. The van der Waals surface area contributed by atoms with E-state index in [1.165, 1.54) is 6.92 Å². The number of guanidine groups is 1. The lowest BCUT2D eigenvalue weighted by Gasteiger charge is -2.08. The summed E-state index contributed by atoms with van der Waals surface area (Å²) >= 11 is 0. The highest BCUT2D eigenvalue weighted by atomic mass is 16.1. The van der Waals surface area contributed by atoms with Crippen LogP contribution in [0, 0.1) is 0 Å². The van der Waals surface area contributed by atoms with Crippen LogP contribution in [0.3, 0.4) is 0 Å². The number of benzene rings is 2. The van der Waals surface area contributed by atoms with E-state index < -0.39 is 5.91 Å². The number of hydrogen-bond acceptors (Lipinski definition) is 2. The highest BCUT2D eigenvalue weighted by molar-refractivity contribution is 6.04. The minimum Gasteiger partial charge on any atom is -0.370 e. The fourth-order valence-corrected chi connectivity index (χ4v) is 2.27. The van der Waals surface area contributed by atoms with E-state index in [0.717, 1.165) is 16.7 Å². The zero-order valence-electron chi connectivity index (χ0n) is 13.6. The van der Waals surface area contributed by atoms with E-state index in [9.17, 15) is 9.59 Å². The summed E-state index contributed by atoms with van der Waals surface area (Å²) in [6.45, 7) is 3.19. The molecular weight excluding hydrogens is 302 g/mol. The number of carbonyl (C=O) groups excluding carboxylic acids is 2. The van der Waals surface area contributed by atoms with Crippen LogP contribution in [0.15, 0.2) is 59.1 Å². The molecule has 0 saturated carbocycles. The van der Waals surface area contributed by atoms with Gasteiger partial charge in [-0.2, -0.15) is 4.99 Å². The fourth-order valence-electron chi connectivity index (χ4n) is 2.27. The van der Waals surface area contributed by atoms with Crippen LogP contribution in [-0.4, -0.2) is 17.6 Å². The Balaban J connectivity index is 2.42. The summed E-state index contributed by atoms with van der Waals surface area (Å²) in [7, 11) is 0. The van der Waals surface area contributed by atoms with E-state index in [0.29, 0.717) is 11.1 Å². The van der Waals surface area contributed by atoms with Crippen LogP contribution in [-0.2, 0) is 4.79 Å². The molecule has 0 radical (unpaired) electrons. The first-order valence-electron chi connectivity index (χ1n) is 7.41. The second-order valence-electron chi connectivity index (χ2n) is 5.39. The van der Waals surface area contributed by atoms with E-state index in [-0.39, 0.29) is 11.7 Å². The molecule has 0 unspecified atom stereocenters. The monoisotopic (exact) mass is 321 g/mol. The smallest absolute Gasteiger partial charge is 0.275 e. The number of rotatable bonds is 4. The Labute approximate surface area is 140 Å². The van der Waals surface area contributed by atoms with Crippen molar-refractivity contribution in [2.24, 2.45) is 16.5 Å². The molecule has 5 nitrogen and oxygen atoms in total. The van der Waals surface area contributed by atoms with Crippen molar-refractivity contribution in [3.8, 4) is 11.1 Å². The van der Waals surface area contributed by atoms with Gasteiger partial charge in [-0.1, -0.05) is 48.5 Å². The Morgan fingerprint density at radius 3 is 2.17 bits per heavy atom. The highest BCUT2D eigenvalue weighted by Gasteiger charge is 2.08. The van der Waals surface area contributed by atoms with Crippen molar-refractivity contribution in [1.82, 2.24) is 0 Å². The van der Waals surface area contributed by atoms with Gasteiger partial charge in [0.1, 0.15) is 0 Å². The van der Waals surface area contributed by atoms with Gasteiger partial charge in [0.2, 0.25) is 0 Å². The predicted molar refractivity (Wildman–Crippen MR) is 96.4 cm³/mol. The molecule has 4 N–H and O–H groups in total. The molecule has 0 bridgehead atoms. The largest absolute Gasteiger partial charge is 0.370 e. The molecule has 0 fully saturated rings. The molecule has 0 aromatic heterocycles. The van der Waals surface area contributed by atoms with Crippen LogP contribution >= 0.6 is 0 Å². The lowest BCUT2D eigenvalue weighted by Crippen LogP contribution is -2.24. The Kier molecular flexibility index (Phi) is 5.27. The highest BCUT2D eigenvalue weighted by Crippen LogP contribution is 2.26. The third-order valence-corrected chi connectivity index (χ3v) is 3.50. The molecule has 0 saturated heterocycles. The maximum absolute atomic E-state index is 11.9. The molecular formula is C19H19N3O2. The number of aliphatic imine (C=N–C) groups is 1. The zero-order valence-corrected chi connectivity index (χ0v) is 13.6. The first-order valence-corrected chi connectivity index (χ1v) is 7.41. The molecule has 0 spiro atoms. The quantitative estimate of drug-likeness (QED) is 0.391. The van der Waals surface area contributed by atoms with E-state index in [2.05, 4.69) is 4.99 Å². The maximum Gasteiger partial charge on any atom is 0.275 e. The number of carbonyl (C=O) groups is 2. The van der Waals surface area contributed by atoms with Crippen molar-refractivity contribution in [2.75, 3.05) is 0 Å². The minimum absolute atomic E-state index is 0.0217. The average Bonchev–Trinajstić information content (AvgIpc) is 2.54. The van der Waals surface area contributed by atoms with Crippen molar-refractivity contribution in [3.05, 3.63) is 65.2 Å². The molecule has 0 aliphatic carbocycles. The summed E-state index contributed by atoms with van der Waals surface area (Å²) < 4.78 is 0. The Morgan fingerprint density at radius 1 is 0.958 bits per heavy atom. The van der Waals surface area contributed by atoms with Gasteiger partial charge in [0, 0.05) is 11.1 Å². The van der Waals surface area contributed by atoms with Crippen molar-refractivity contribution in [2.45, 2.75) is 13.8 Å². The molecule has 2 aromatic carbocycles. The van der Waals surface area contributed by atoms with Crippen molar-refractivity contribution < 1.29 is 9.59 Å². The van der Waals surface area contributed by atoms with Crippen LogP contribution < -0.4 is 11.5 Å². The molecule has 5 heteroatoms. The second-order valence-corrected chi connectivity index (χ2v) is 5.39. The van der Waals surface area contributed by atoms with Gasteiger partial charge in [-0.15, -0.1) is 0 Å². The lowest BCUT2D eigenvalue weighted by molar-refractivity contribution is -0.114. The number of hydrogen-bond donors (Lipinski definition) is 2. The first kappa shape index (κ1) is 17.1. The SMILES string of the molecule is CC(=O)c1ccc(-c2ccccc2C=C(C)C(=O)N=C(N)N)cc1. The summed E-state index contributed by atoms with van der Waals surface area (Å²) in [5, 5.41) is 0. The van der Waals surface area contributed by atoms with Gasteiger partial charge in [-0.3, -0.25) is 9.59 Å². The first-order chi connectivity index (χ1) is 11.4. The Bertz CT molecular complexity index is 830. The fraction of sp³-hybridized carbons (Fsp3) is 0.105. The topological polar surface area (TPSA) is 98.5 Å². The van der Waals surface area contributed by atoms with Crippen LogP contribution in [0.2, 0.25) is 0 Å². The summed E-state index contributed by atoms with van der Waals surface area (Å²) in [6.07, 6.45) is 1.74. The summed E-state index contributed by atoms with van der Waals surface area (Å²) in [5.41, 5.74) is 14.3. The lowest BCUT2D eigenvalue weighted by atomic mass is 9.97. The van der Waals surface area contributed by atoms with Gasteiger partial charge >= 0.3 is 0 Å². The Morgan fingerprint density at radius 2 is 1.58 bits per heavy atom. The number of amides is 1. The van der Waals surface area contributed by atoms with Crippen molar-refractivity contribution >= 4 is 23.7 Å². The van der Waals surface area contributed by atoms with Gasteiger partial charge < -0.3 is 11.5 Å². The molecule has 24 heavy (non-hydrogen) atoms. The summed E-state index contributed by atoms with van der Waals surface area (Å²) in [5.74, 6) is -0.717. The third-order valence-electron chi connectivity index (χ3n) is 3.50. The molecule has 0 atom stereocenters. The van der Waals surface area contributed by atoms with E-state index in [1.807, 2.05) is 36.4 Å². The normalized spacial score (nSPS) is 11.0. The zero-order chi connectivity index (χ0) is 17.7. The molecule has 0 heterocycles. The number of ketones is 1. The average molecular weight is 321 g/mol. The Hall–Kier alpha value is -3.21. The molecule has 122 valence electrons. The van der Waals surface area contributed by atoms with Gasteiger partial charge in [-0.05, 0) is 36.6 Å². The molecule has 1 amide bonds.